The molecule has 0 fully saturated rings. The molecule has 0 aliphatic heterocycles. The molecule has 0 unspecified atom stereocenters. The van der Waals surface area contributed by atoms with Crippen molar-refractivity contribution in [3.05, 3.63) is 54.1 Å². The lowest BCUT2D eigenvalue weighted by atomic mass is 9.87. The average Bonchev–Trinajstić information content (AvgIpc) is 2.68. The molecule has 1 aromatic heterocycles. The summed E-state index contributed by atoms with van der Waals surface area (Å²) < 4.78 is 0.798. The molecule has 0 radical (unpaired) electrons. The largest absolute Gasteiger partial charge is 0.323 e. The number of hydrogen-bond acceptors (Lipinski definition) is 6. The number of anilines is 1. The normalized spacial score (nSPS) is 15.3. The average molecular weight is 540 g/mol. The van der Waals surface area contributed by atoms with Crippen molar-refractivity contribution in [3.63, 3.8) is 0 Å². The second kappa shape index (κ2) is 9.24. The van der Waals surface area contributed by atoms with Crippen molar-refractivity contribution >= 4 is 60.9 Å². The fourth-order valence-corrected chi connectivity index (χ4v) is 5.25. The Morgan fingerprint density at radius 2 is 2.10 bits per heavy atom. The van der Waals surface area contributed by atoms with Crippen LogP contribution >= 0.6 is 43.6 Å². The van der Waals surface area contributed by atoms with Crippen molar-refractivity contribution in [2.45, 2.75) is 31.2 Å². The summed E-state index contributed by atoms with van der Waals surface area (Å²) in [6.45, 7) is 2.19. The monoisotopic (exact) mass is 538 g/mol. The zero-order valence-electron chi connectivity index (χ0n) is 15.4. The first-order valence-electron chi connectivity index (χ1n) is 8.77. The minimum Gasteiger partial charge on any atom is -0.323 e. The number of thioether (sulfide) groups is 1. The number of benzene rings is 1. The van der Waals surface area contributed by atoms with E-state index >= 15 is 0 Å². The first kappa shape index (κ1) is 21.7. The molecular weight excluding hydrogens is 524 g/mol. The van der Waals surface area contributed by atoms with Gasteiger partial charge < -0.3 is 5.32 Å². The predicted molar refractivity (Wildman–Crippen MR) is 118 cm³/mol. The van der Waals surface area contributed by atoms with Crippen LogP contribution in [-0.4, -0.2) is 21.6 Å². The van der Waals surface area contributed by atoms with Crippen molar-refractivity contribution in [2.24, 2.45) is 5.92 Å². The maximum absolute atomic E-state index is 12.4. The van der Waals surface area contributed by atoms with E-state index < -0.39 is 4.92 Å². The van der Waals surface area contributed by atoms with Gasteiger partial charge in [0.25, 0.3) is 5.69 Å². The molecule has 150 valence electrons. The van der Waals surface area contributed by atoms with Crippen molar-refractivity contribution < 1.29 is 9.72 Å². The third-order valence-electron chi connectivity index (χ3n) is 4.56. The number of rotatable bonds is 5. The summed E-state index contributed by atoms with van der Waals surface area (Å²) in [6.07, 6.45) is 2.87. The molecule has 1 aliphatic carbocycles. The Morgan fingerprint density at radius 1 is 1.41 bits per heavy atom. The van der Waals surface area contributed by atoms with Gasteiger partial charge in [0.15, 0.2) is 0 Å². The first-order chi connectivity index (χ1) is 13.8. The molecule has 0 saturated heterocycles. The zero-order chi connectivity index (χ0) is 21.1. The molecule has 0 spiro atoms. The molecule has 2 aromatic rings. The van der Waals surface area contributed by atoms with Gasteiger partial charge in [-0.1, -0.05) is 18.7 Å². The molecule has 7 nitrogen and oxygen atoms in total. The zero-order valence-corrected chi connectivity index (χ0v) is 19.4. The van der Waals surface area contributed by atoms with Gasteiger partial charge in [-0.15, -0.1) is 0 Å². The number of carbonyl (C=O) groups is 1. The van der Waals surface area contributed by atoms with Crippen LogP contribution in [0.25, 0.3) is 0 Å². The number of aryl methyl sites for hydroxylation is 1. The second-order valence-electron chi connectivity index (χ2n) is 6.79. The SMILES string of the molecule is C[C@H]1CCc2nc(SCC(=O)Nc3c(Br)cc([N+](=O)[O-])cc3Br)c(C#N)cc2C1. The number of aromatic nitrogens is 1. The van der Waals surface area contributed by atoms with Gasteiger partial charge in [-0.2, -0.15) is 5.26 Å². The van der Waals surface area contributed by atoms with E-state index in [4.69, 9.17) is 0 Å². The van der Waals surface area contributed by atoms with Gasteiger partial charge in [-0.3, -0.25) is 14.9 Å². The summed E-state index contributed by atoms with van der Waals surface area (Å²) in [6, 6.07) is 6.72. The fraction of sp³-hybridized carbons (Fsp3) is 0.316. The molecular formula is C19H16Br2N4O3S. The quantitative estimate of drug-likeness (QED) is 0.316. The molecule has 0 saturated carbocycles. The van der Waals surface area contributed by atoms with Gasteiger partial charge in [0.05, 0.1) is 21.9 Å². The van der Waals surface area contributed by atoms with E-state index in [1.807, 2.05) is 6.07 Å². The minimum atomic E-state index is -0.511. The minimum absolute atomic E-state index is 0.0622. The van der Waals surface area contributed by atoms with Crippen LogP contribution in [0.3, 0.4) is 0 Å². The molecule has 1 atom stereocenters. The highest BCUT2D eigenvalue weighted by molar-refractivity contribution is 9.11. The van der Waals surface area contributed by atoms with Crippen molar-refractivity contribution in [1.82, 2.24) is 4.98 Å². The van der Waals surface area contributed by atoms with Crippen LogP contribution in [0.4, 0.5) is 11.4 Å². The Kier molecular flexibility index (Phi) is 6.93. The summed E-state index contributed by atoms with van der Waals surface area (Å²) in [7, 11) is 0. The van der Waals surface area contributed by atoms with Gasteiger partial charge >= 0.3 is 0 Å². The Hall–Kier alpha value is -1.96. The number of halogens is 2. The number of nitro groups is 1. The van der Waals surface area contributed by atoms with Crippen molar-refractivity contribution in [2.75, 3.05) is 11.1 Å². The maximum atomic E-state index is 12.4. The first-order valence-corrected chi connectivity index (χ1v) is 11.3. The number of nitro benzene ring substituents is 1. The standard InChI is InChI=1S/C19H16Br2N4O3S/c1-10-2-3-16-11(4-10)5-12(8-22)19(23-16)29-9-17(26)24-18-14(20)6-13(25(27)28)7-15(18)21/h5-7,10H,2-4,9H2,1H3,(H,24,26)/t10-/m0/s1. The van der Waals surface area contributed by atoms with Crippen molar-refractivity contribution in [3.8, 4) is 6.07 Å². The van der Waals surface area contributed by atoms with Crippen LogP contribution in [0, 0.1) is 27.4 Å². The highest BCUT2D eigenvalue weighted by Crippen LogP contribution is 2.35. The number of carbonyl (C=O) groups excluding carboxylic acids is 1. The summed E-state index contributed by atoms with van der Waals surface area (Å²) in [5.74, 6) is 0.341. The molecule has 1 aromatic carbocycles. The third-order valence-corrected chi connectivity index (χ3v) is 6.80. The van der Waals surface area contributed by atoms with Crippen LogP contribution in [0.2, 0.25) is 0 Å². The molecule has 1 heterocycles. The van der Waals surface area contributed by atoms with E-state index in [1.165, 1.54) is 23.9 Å². The van der Waals surface area contributed by atoms with Crippen LogP contribution in [0.1, 0.15) is 30.2 Å². The lowest BCUT2D eigenvalue weighted by molar-refractivity contribution is -0.385. The predicted octanol–water partition coefficient (Wildman–Crippen LogP) is 5.24. The number of fused-ring (bicyclic) bond motifs is 1. The summed E-state index contributed by atoms with van der Waals surface area (Å²) in [5.41, 5.74) is 2.92. The molecule has 0 bridgehead atoms. The highest BCUT2D eigenvalue weighted by atomic mass is 79.9. The van der Waals surface area contributed by atoms with E-state index in [9.17, 15) is 20.2 Å². The van der Waals surface area contributed by atoms with Crippen LogP contribution in [0.15, 0.2) is 32.2 Å². The number of hydrogen-bond donors (Lipinski definition) is 1. The number of amides is 1. The second-order valence-corrected chi connectivity index (χ2v) is 9.46. The topological polar surface area (TPSA) is 109 Å². The Bertz CT molecular complexity index is 1020. The van der Waals surface area contributed by atoms with Gasteiger partial charge in [0.2, 0.25) is 5.91 Å². The number of nitrogens with zero attached hydrogens (tertiary/aromatic N) is 3. The van der Waals surface area contributed by atoms with E-state index in [-0.39, 0.29) is 17.3 Å². The van der Waals surface area contributed by atoms with Crippen LogP contribution < -0.4 is 5.32 Å². The van der Waals surface area contributed by atoms with Gasteiger partial charge in [0.1, 0.15) is 11.1 Å². The smallest absolute Gasteiger partial charge is 0.271 e. The highest BCUT2D eigenvalue weighted by Gasteiger charge is 2.20. The summed E-state index contributed by atoms with van der Waals surface area (Å²) in [5, 5.41) is 23.7. The number of non-ortho nitro benzene ring substituents is 1. The van der Waals surface area contributed by atoms with E-state index in [1.54, 1.807) is 0 Å². The molecule has 3 rings (SSSR count). The summed E-state index contributed by atoms with van der Waals surface area (Å²) >= 11 is 7.70. The maximum Gasteiger partial charge on any atom is 0.271 e. The van der Waals surface area contributed by atoms with Crippen LogP contribution in [0.5, 0.6) is 0 Å². The number of pyridine rings is 1. The Labute approximate surface area is 188 Å². The lowest BCUT2D eigenvalue weighted by Gasteiger charge is -2.21. The molecule has 10 heteroatoms. The van der Waals surface area contributed by atoms with E-state index in [2.05, 4.69) is 55.2 Å². The number of nitriles is 1. The Morgan fingerprint density at radius 3 is 2.72 bits per heavy atom. The van der Waals surface area contributed by atoms with Gasteiger partial charge in [0, 0.05) is 26.8 Å². The number of nitrogens with one attached hydrogen (secondary N) is 1. The molecule has 1 aliphatic rings. The Balaban J connectivity index is 1.72. The molecule has 1 amide bonds. The van der Waals surface area contributed by atoms with E-state index in [0.717, 1.165) is 30.5 Å². The lowest BCUT2D eigenvalue weighted by Crippen LogP contribution is -2.16. The van der Waals surface area contributed by atoms with Gasteiger partial charge in [-0.05, 0) is 68.7 Å². The van der Waals surface area contributed by atoms with Crippen molar-refractivity contribution in [1.29, 1.82) is 5.26 Å². The van der Waals surface area contributed by atoms with E-state index in [0.29, 0.717) is 31.1 Å². The fourth-order valence-electron chi connectivity index (χ4n) is 3.11. The molecule has 29 heavy (non-hydrogen) atoms. The third kappa shape index (κ3) is 5.15. The molecule has 1 N–H and O–H groups in total. The van der Waals surface area contributed by atoms with Crippen LogP contribution in [-0.2, 0) is 17.6 Å². The van der Waals surface area contributed by atoms with Gasteiger partial charge in [-0.25, -0.2) is 4.98 Å². The summed E-state index contributed by atoms with van der Waals surface area (Å²) in [4.78, 5) is 27.5.